The van der Waals surface area contributed by atoms with Crippen LogP contribution in [0.2, 0.25) is 0 Å². The maximum Gasteiger partial charge on any atom is 0.552 e. The fraction of sp³-hybridized carbons (Fsp3) is 0. The van der Waals surface area contributed by atoms with Gasteiger partial charge in [0.15, 0.2) is 0 Å². The summed E-state index contributed by atoms with van der Waals surface area (Å²) >= 11 is 3.35. The Morgan fingerprint density at radius 2 is 2.25 bits per heavy atom. The molecule has 12 heavy (non-hydrogen) atoms. The molecule has 0 bridgehead atoms. The molecule has 4 heteroatoms. The van der Waals surface area contributed by atoms with Gasteiger partial charge in [0, 0.05) is 10.0 Å². The lowest BCUT2D eigenvalue weighted by atomic mass is 9.86. The third kappa shape index (κ3) is 1.40. The summed E-state index contributed by atoms with van der Waals surface area (Å²) in [5, 5.41) is 9.10. The van der Waals surface area contributed by atoms with Gasteiger partial charge >= 0.3 is 7.12 Å². The molecule has 0 radical (unpaired) electrons. The van der Waals surface area contributed by atoms with Crippen molar-refractivity contribution in [3.63, 3.8) is 0 Å². The van der Waals surface area contributed by atoms with E-state index in [9.17, 15) is 0 Å². The smallest absolute Gasteiger partial charge is 0.532 e. The van der Waals surface area contributed by atoms with Crippen LogP contribution in [0, 0.1) is 0 Å². The summed E-state index contributed by atoms with van der Waals surface area (Å²) in [6.07, 6.45) is 1.84. The minimum atomic E-state index is -0.807. The molecule has 0 aromatic heterocycles. The second kappa shape index (κ2) is 2.96. The van der Waals surface area contributed by atoms with Crippen LogP contribution in [0.15, 0.2) is 28.6 Å². The zero-order valence-electron chi connectivity index (χ0n) is 6.20. The predicted octanol–water partition coefficient (Wildman–Crippen LogP) is 1.87. The average molecular weight is 225 g/mol. The lowest BCUT2D eigenvalue weighted by Crippen LogP contribution is -2.21. The number of benzene rings is 1. The molecule has 2 nitrogen and oxygen atoms in total. The highest BCUT2D eigenvalue weighted by Gasteiger charge is 2.17. The van der Waals surface area contributed by atoms with Gasteiger partial charge in [-0.05, 0) is 24.2 Å². The van der Waals surface area contributed by atoms with Crippen LogP contribution in [0.25, 0.3) is 6.08 Å². The van der Waals surface area contributed by atoms with Gasteiger partial charge in [-0.2, -0.15) is 0 Å². The van der Waals surface area contributed by atoms with E-state index < -0.39 is 7.12 Å². The van der Waals surface area contributed by atoms with Crippen LogP contribution in [-0.4, -0.2) is 12.1 Å². The Labute approximate surface area is 79.1 Å². The maximum atomic E-state index is 9.10. The van der Waals surface area contributed by atoms with Crippen LogP contribution in [0.5, 0.6) is 5.75 Å². The van der Waals surface area contributed by atoms with E-state index in [1.54, 1.807) is 5.98 Å². The Morgan fingerprint density at radius 1 is 1.42 bits per heavy atom. The van der Waals surface area contributed by atoms with E-state index in [2.05, 4.69) is 15.9 Å². The predicted molar refractivity (Wildman–Crippen MR) is 51.8 cm³/mol. The molecule has 1 heterocycles. The molecule has 60 valence electrons. The third-order valence-electron chi connectivity index (χ3n) is 1.66. The van der Waals surface area contributed by atoms with E-state index in [0.29, 0.717) is 5.75 Å². The Bertz CT molecular complexity index is 338. The molecule has 1 aliphatic rings. The van der Waals surface area contributed by atoms with Gasteiger partial charge in [0.1, 0.15) is 5.75 Å². The van der Waals surface area contributed by atoms with Crippen LogP contribution < -0.4 is 4.65 Å². The Kier molecular flexibility index (Phi) is 1.94. The van der Waals surface area contributed by atoms with E-state index in [0.717, 1.165) is 10.0 Å². The van der Waals surface area contributed by atoms with Crippen molar-refractivity contribution in [2.24, 2.45) is 0 Å². The highest BCUT2D eigenvalue weighted by Crippen LogP contribution is 2.27. The molecule has 1 aromatic rings. The minimum absolute atomic E-state index is 0.716. The number of fused-ring (bicyclic) bond motifs is 1. The first kappa shape index (κ1) is 7.89. The standard InChI is InChI=1S/C8H6BBrO2/c10-7-1-2-8-6(5-7)3-4-9(11)12-8/h1-5,11H. The van der Waals surface area contributed by atoms with Gasteiger partial charge in [0.05, 0.1) is 0 Å². The van der Waals surface area contributed by atoms with E-state index >= 15 is 0 Å². The summed E-state index contributed by atoms with van der Waals surface area (Å²) < 4.78 is 6.14. The van der Waals surface area contributed by atoms with Gasteiger partial charge in [0.2, 0.25) is 0 Å². The van der Waals surface area contributed by atoms with Crippen molar-refractivity contribution in [1.29, 1.82) is 0 Å². The van der Waals surface area contributed by atoms with Crippen LogP contribution >= 0.6 is 15.9 Å². The summed E-state index contributed by atoms with van der Waals surface area (Å²) in [4.78, 5) is 0. The third-order valence-corrected chi connectivity index (χ3v) is 2.15. The molecule has 0 spiro atoms. The lowest BCUT2D eigenvalue weighted by molar-refractivity contribution is 0.428. The van der Waals surface area contributed by atoms with E-state index in [1.165, 1.54) is 0 Å². The first-order valence-corrected chi connectivity index (χ1v) is 4.37. The summed E-state index contributed by atoms with van der Waals surface area (Å²) in [7, 11) is -0.807. The molecule has 0 atom stereocenters. The van der Waals surface area contributed by atoms with E-state index in [4.69, 9.17) is 9.68 Å². The van der Waals surface area contributed by atoms with Crippen molar-refractivity contribution in [1.82, 2.24) is 0 Å². The molecule has 1 aromatic carbocycles. The average Bonchev–Trinajstić information content (AvgIpc) is 2.05. The molecule has 0 saturated carbocycles. The molecule has 0 unspecified atom stereocenters. The van der Waals surface area contributed by atoms with Gasteiger partial charge in [-0.1, -0.05) is 22.0 Å². The number of rotatable bonds is 0. The highest BCUT2D eigenvalue weighted by molar-refractivity contribution is 9.10. The molecule has 0 amide bonds. The van der Waals surface area contributed by atoms with Crippen molar-refractivity contribution >= 4 is 29.1 Å². The largest absolute Gasteiger partial charge is 0.552 e. The Morgan fingerprint density at radius 3 is 3.08 bits per heavy atom. The lowest BCUT2D eigenvalue weighted by Gasteiger charge is -2.14. The van der Waals surface area contributed by atoms with Crippen LogP contribution in [0.1, 0.15) is 5.56 Å². The fourth-order valence-electron chi connectivity index (χ4n) is 1.11. The normalized spacial score (nSPS) is 14.0. The van der Waals surface area contributed by atoms with Gasteiger partial charge in [-0.3, -0.25) is 0 Å². The van der Waals surface area contributed by atoms with Crippen molar-refractivity contribution in [2.45, 2.75) is 0 Å². The Hall–Kier alpha value is -0.735. The molecular formula is C8H6BBrO2. The molecular weight excluding hydrogens is 219 g/mol. The van der Waals surface area contributed by atoms with Crippen LogP contribution in [0.3, 0.4) is 0 Å². The molecule has 0 fully saturated rings. The molecule has 0 aliphatic carbocycles. The van der Waals surface area contributed by atoms with Gasteiger partial charge < -0.3 is 9.68 Å². The number of hydrogen-bond donors (Lipinski definition) is 1. The molecule has 1 aliphatic heterocycles. The first-order valence-electron chi connectivity index (χ1n) is 3.58. The minimum Gasteiger partial charge on any atom is -0.532 e. The topological polar surface area (TPSA) is 29.5 Å². The summed E-state index contributed by atoms with van der Waals surface area (Å²) in [6, 6.07) is 5.65. The van der Waals surface area contributed by atoms with Crippen LogP contribution in [-0.2, 0) is 0 Å². The molecule has 1 N–H and O–H groups in total. The van der Waals surface area contributed by atoms with Crippen molar-refractivity contribution < 1.29 is 9.68 Å². The SMILES string of the molecule is OB1C=Cc2cc(Br)ccc2O1. The second-order valence-electron chi connectivity index (χ2n) is 2.55. The van der Waals surface area contributed by atoms with Crippen molar-refractivity contribution in [2.75, 3.05) is 0 Å². The van der Waals surface area contributed by atoms with Crippen molar-refractivity contribution in [3.05, 3.63) is 34.2 Å². The quantitative estimate of drug-likeness (QED) is 0.682. The number of halogens is 1. The van der Waals surface area contributed by atoms with E-state index in [1.807, 2.05) is 24.3 Å². The van der Waals surface area contributed by atoms with Gasteiger partial charge in [-0.25, -0.2) is 0 Å². The fourth-order valence-corrected chi connectivity index (χ4v) is 1.49. The second-order valence-corrected chi connectivity index (χ2v) is 3.47. The zero-order valence-corrected chi connectivity index (χ0v) is 7.78. The first-order chi connectivity index (χ1) is 5.75. The summed E-state index contributed by atoms with van der Waals surface area (Å²) in [6.45, 7) is 0. The maximum absolute atomic E-state index is 9.10. The molecule has 0 saturated heterocycles. The van der Waals surface area contributed by atoms with Crippen LogP contribution in [0.4, 0.5) is 0 Å². The van der Waals surface area contributed by atoms with E-state index in [-0.39, 0.29) is 0 Å². The monoisotopic (exact) mass is 224 g/mol. The highest BCUT2D eigenvalue weighted by atomic mass is 79.9. The van der Waals surface area contributed by atoms with Gasteiger partial charge in [0.25, 0.3) is 0 Å². The summed E-state index contributed by atoms with van der Waals surface area (Å²) in [5.74, 6) is 2.32. The Balaban J connectivity index is 2.47. The number of hydrogen-bond acceptors (Lipinski definition) is 2. The van der Waals surface area contributed by atoms with Gasteiger partial charge in [-0.15, -0.1) is 0 Å². The van der Waals surface area contributed by atoms with Crippen molar-refractivity contribution in [3.8, 4) is 5.75 Å². The molecule has 2 rings (SSSR count). The zero-order chi connectivity index (χ0) is 8.55. The summed E-state index contributed by atoms with van der Waals surface area (Å²) in [5.41, 5.74) is 0.981.